The Morgan fingerprint density at radius 2 is 1.55 bits per heavy atom. The van der Waals surface area contributed by atoms with Crippen molar-refractivity contribution in [2.45, 2.75) is 62.6 Å². The molecule has 1 N–H and O–H groups in total. The second kappa shape index (κ2) is 15.3. The summed E-state index contributed by atoms with van der Waals surface area (Å²) in [5.41, 5.74) is 1.81. The van der Waals surface area contributed by atoms with Crippen LogP contribution in [0.1, 0.15) is 42.4 Å². The third-order valence-electron chi connectivity index (χ3n) is 8.36. The highest BCUT2D eigenvalue weighted by Gasteiger charge is 2.36. The zero-order valence-electron chi connectivity index (χ0n) is 25.9. The third-order valence-corrected chi connectivity index (χ3v) is 10.9. The molecule has 0 radical (unpaired) electrons. The Labute approximate surface area is 285 Å². The van der Waals surface area contributed by atoms with Gasteiger partial charge in [-0.3, -0.25) is 13.9 Å². The van der Waals surface area contributed by atoms with Crippen molar-refractivity contribution in [1.29, 1.82) is 0 Å². The van der Waals surface area contributed by atoms with Gasteiger partial charge < -0.3 is 10.2 Å². The van der Waals surface area contributed by atoms with E-state index < -0.39 is 34.3 Å². The predicted octanol–water partition coefficient (Wildman–Crippen LogP) is 7.34. The molecule has 2 amide bonds. The summed E-state index contributed by atoms with van der Waals surface area (Å²) in [5, 5.41) is 3.14. The van der Waals surface area contributed by atoms with Gasteiger partial charge in [-0.05, 0) is 55.7 Å². The van der Waals surface area contributed by atoms with Crippen LogP contribution >= 0.6 is 23.2 Å². The van der Waals surface area contributed by atoms with Crippen LogP contribution in [0, 0.1) is 12.7 Å². The molecule has 1 aliphatic rings. The Morgan fingerprint density at radius 3 is 2.23 bits per heavy atom. The number of amides is 2. The molecule has 1 fully saturated rings. The van der Waals surface area contributed by atoms with E-state index in [0.717, 1.165) is 41.1 Å². The quantitative estimate of drug-likeness (QED) is 0.168. The number of halogens is 3. The molecule has 4 aromatic carbocycles. The molecule has 11 heteroatoms. The van der Waals surface area contributed by atoms with Gasteiger partial charge in [-0.2, -0.15) is 0 Å². The first-order valence-corrected chi connectivity index (χ1v) is 17.6. The topological polar surface area (TPSA) is 86.8 Å². The van der Waals surface area contributed by atoms with Crippen LogP contribution in [0.5, 0.6) is 0 Å². The number of nitrogens with zero attached hydrogens (tertiary/aromatic N) is 2. The Balaban J connectivity index is 1.60. The lowest BCUT2D eigenvalue weighted by molar-refractivity contribution is -0.140. The molecule has 1 unspecified atom stereocenters. The van der Waals surface area contributed by atoms with Gasteiger partial charge in [0.25, 0.3) is 10.0 Å². The average molecular weight is 697 g/mol. The number of hydrogen-bond acceptors (Lipinski definition) is 4. The van der Waals surface area contributed by atoms with Gasteiger partial charge in [-0.1, -0.05) is 108 Å². The molecule has 1 aliphatic carbocycles. The zero-order valence-corrected chi connectivity index (χ0v) is 28.2. The molecule has 7 nitrogen and oxygen atoms in total. The van der Waals surface area contributed by atoms with Gasteiger partial charge in [0.1, 0.15) is 18.4 Å². The molecule has 1 saturated carbocycles. The molecule has 4 aromatic rings. The van der Waals surface area contributed by atoms with Crippen LogP contribution in [-0.2, 0) is 32.6 Å². The minimum Gasteiger partial charge on any atom is -0.352 e. The number of sulfonamides is 1. The van der Waals surface area contributed by atoms with Gasteiger partial charge in [0.05, 0.1) is 20.6 Å². The number of rotatable bonds is 12. The van der Waals surface area contributed by atoms with Crippen LogP contribution in [0.4, 0.5) is 10.1 Å². The highest BCUT2D eigenvalue weighted by molar-refractivity contribution is 7.92. The Hall–Kier alpha value is -3.92. The minimum atomic E-state index is -4.38. The summed E-state index contributed by atoms with van der Waals surface area (Å²) in [4.78, 5) is 29.9. The van der Waals surface area contributed by atoms with Crippen molar-refractivity contribution >= 4 is 50.7 Å². The van der Waals surface area contributed by atoms with Crippen LogP contribution in [0.2, 0.25) is 10.0 Å². The van der Waals surface area contributed by atoms with Crippen molar-refractivity contribution in [2.24, 2.45) is 0 Å². The zero-order chi connectivity index (χ0) is 33.6. The lowest BCUT2D eigenvalue weighted by Gasteiger charge is -2.34. The van der Waals surface area contributed by atoms with Gasteiger partial charge in [0.2, 0.25) is 11.8 Å². The molecule has 0 bridgehead atoms. The SMILES string of the molecule is Cc1ccc(S(=O)(=O)N(CC(=O)N(Cc2ccccc2F)C(Cc2ccccc2)C(=O)NC2CCCC2)c2cccc(Cl)c2Cl)cc1. The van der Waals surface area contributed by atoms with Crippen LogP contribution in [-0.4, -0.2) is 43.8 Å². The van der Waals surface area contributed by atoms with Gasteiger partial charge >= 0.3 is 0 Å². The molecular formula is C36H36Cl2FN3O4S. The second-order valence-electron chi connectivity index (χ2n) is 11.7. The van der Waals surface area contributed by atoms with Crippen LogP contribution in [0.25, 0.3) is 0 Å². The first kappa shape index (κ1) is 34.4. The normalized spacial score (nSPS) is 14.0. The highest BCUT2D eigenvalue weighted by atomic mass is 35.5. The molecule has 0 spiro atoms. The van der Waals surface area contributed by atoms with E-state index in [1.54, 1.807) is 24.3 Å². The van der Waals surface area contributed by atoms with Crippen LogP contribution in [0.15, 0.2) is 102 Å². The third kappa shape index (κ3) is 8.33. The molecule has 47 heavy (non-hydrogen) atoms. The number of benzene rings is 4. The fraction of sp³-hybridized carbons (Fsp3) is 0.278. The molecule has 0 aliphatic heterocycles. The van der Waals surface area contributed by atoms with Crippen LogP contribution < -0.4 is 9.62 Å². The largest absolute Gasteiger partial charge is 0.352 e. The lowest BCUT2D eigenvalue weighted by atomic mass is 10.0. The molecule has 0 saturated heterocycles. The highest BCUT2D eigenvalue weighted by Crippen LogP contribution is 2.36. The minimum absolute atomic E-state index is 0.00560. The summed E-state index contributed by atoms with van der Waals surface area (Å²) >= 11 is 12.9. The first-order valence-electron chi connectivity index (χ1n) is 15.4. The maximum Gasteiger partial charge on any atom is 0.264 e. The summed E-state index contributed by atoms with van der Waals surface area (Å²) < 4.78 is 44.5. The van der Waals surface area contributed by atoms with Gasteiger partial charge in [-0.15, -0.1) is 0 Å². The Kier molecular flexibility index (Phi) is 11.2. The smallest absolute Gasteiger partial charge is 0.264 e. The second-order valence-corrected chi connectivity index (χ2v) is 14.4. The van der Waals surface area contributed by atoms with Gasteiger partial charge in [0.15, 0.2) is 0 Å². The summed E-state index contributed by atoms with van der Waals surface area (Å²) in [6.07, 6.45) is 3.74. The number of carbonyl (C=O) groups is 2. The monoisotopic (exact) mass is 695 g/mol. The molecule has 0 heterocycles. The van der Waals surface area contributed by atoms with Crippen molar-refractivity contribution in [1.82, 2.24) is 10.2 Å². The van der Waals surface area contributed by atoms with E-state index in [0.29, 0.717) is 0 Å². The molecule has 1 atom stereocenters. The maximum atomic E-state index is 15.1. The molecule has 0 aromatic heterocycles. The first-order chi connectivity index (χ1) is 22.5. The summed E-state index contributed by atoms with van der Waals surface area (Å²) in [7, 11) is -4.38. The summed E-state index contributed by atoms with van der Waals surface area (Å²) in [5.74, 6) is -1.66. The van der Waals surface area contributed by atoms with E-state index in [1.807, 2.05) is 37.3 Å². The Morgan fingerprint density at radius 1 is 0.894 bits per heavy atom. The van der Waals surface area contributed by atoms with Crippen molar-refractivity contribution in [3.05, 3.63) is 130 Å². The van der Waals surface area contributed by atoms with Gasteiger partial charge in [-0.25, -0.2) is 12.8 Å². The van der Waals surface area contributed by atoms with Crippen molar-refractivity contribution in [3.63, 3.8) is 0 Å². The van der Waals surface area contributed by atoms with Gasteiger partial charge in [0, 0.05) is 24.6 Å². The molecule has 246 valence electrons. The van der Waals surface area contributed by atoms with Crippen molar-refractivity contribution < 1.29 is 22.4 Å². The summed E-state index contributed by atoms with van der Waals surface area (Å²) in [6.45, 7) is 0.825. The number of nitrogens with one attached hydrogen (secondary N) is 1. The number of hydrogen-bond donors (Lipinski definition) is 1. The van der Waals surface area contributed by atoms with E-state index in [9.17, 15) is 18.0 Å². The number of anilines is 1. The summed E-state index contributed by atoms with van der Waals surface area (Å²) in [6, 6.07) is 24.8. The average Bonchev–Trinajstić information content (AvgIpc) is 3.57. The van der Waals surface area contributed by atoms with E-state index in [2.05, 4.69) is 5.32 Å². The fourth-order valence-electron chi connectivity index (χ4n) is 5.77. The van der Waals surface area contributed by atoms with E-state index in [4.69, 9.17) is 23.2 Å². The predicted molar refractivity (Wildman–Crippen MR) is 183 cm³/mol. The fourth-order valence-corrected chi connectivity index (χ4v) is 7.64. The molecule has 5 rings (SSSR count). The van der Waals surface area contributed by atoms with Crippen molar-refractivity contribution in [2.75, 3.05) is 10.8 Å². The lowest BCUT2D eigenvalue weighted by Crippen LogP contribution is -2.54. The standard InChI is InChI=1S/C36H36Cl2FN3O4S/c1-25-18-20-29(21-19-25)47(45,46)42(32-17-9-15-30(37)35(32)38)24-34(43)41(23-27-12-5-8-16-31(27)39)33(22-26-10-3-2-4-11-26)36(44)40-28-13-6-7-14-28/h2-5,8-12,15-21,28,33H,6-7,13-14,22-24H2,1H3,(H,40,44). The van der Waals surface area contributed by atoms with E-state index in [-0.39, 0.29) is 51.1 Å². The van der Waals surface area contributed by atoms with Crippen LogP contribution in [0.3, 0.4) is 0 Å². The Bertz CT molecular complexity index is 1820. The molecular weight excluding hydrogens is 660 g/mol. The number of carbonyl (C=O) groups excluding carboxylic acids is 2. The number of aryl methyl sites for hydroxylation is 1. The van der Waals surface area contributed by atoms with E-state index >= 15 is 4.39 Å². The maximum absolute atomic E-state index is 15.1. The van der Waals surface area contributed by atoms with E-state index in [1.165, 1.54) is 47.4 Å². The van der Waals surface area contributed by atoms with Crippen molar-refractivity contribution in [3.8, 4) is 0 Å².